The Morgan fingerprint density at radius 1 is 1.19 bits per heavy atom. The van der Waals surface area contributed by atoms with Crippen LogP contribution in [0.1, 0.15) is 34.6 Å². The lowest BCUT2D eigenvalue weighted by molar-refractivity contribution is -0.107. The zero-order chi connectivity index (χ0) is 13.6. The van der Waals surface area contributed by atoms with Crippen molar-refractivity contribution in [1.29, 1.82) is 0 Å². The summed E-state index contributed by atoms with van der Waals surface area (Å²) < 4.78 is 0. The number of thiol groups is 1. The van der Waals surface area contributed by atoms with Gasteiger partial charge in [-0.1, -0.05) is 46.4 Å². The molecule has 0 amide bonds. The molecule has 0 aromatic carbocycles. The Labute approximate surface area is 105 Å². The molecule has 0 saturated carbocycles. The third kappa shape index (κ3) is 11.0. The molecule has 0 aliphatic rings. The minimum absolute atomic E-state index is 0.318. The molecule has 3 heteroatoms. The van der Waals surface area contributed by atoms with Crippen LogP contribution in [-0.4, -0.2) is 11.4 Å². The van der Waals surface area contributed by atoms with Gasteiger partial charge < -0.3 is 0 Å². The molecule has 16 heavy (non-hydrogen) atoms. The van der Waals surface area contributed by atoms with Gasteiger partial charge in [-0.15, -0.1) is 12.6 Å². The summed E-state index contributed by atoms with van der Waals surface area (Å²) >= 11 is 3.60. The van der Waals surface area contributed by atoms with Crippen molar-refractivity contribution in [2.24, 2.45) is 0 Å². The first kappa shape index (κ1) is 20.3. The highest BCUT2D eigenvalue weighted by molar-refractivity contribution is 7.97. The van der Waals surface area contributed by atoms with Crippen LogP contribution < -0.4 is 0 Å². The fraction of sp³-hybridized carbons (Fsp3) is 0.385. The monoisotopic (exact) mass is 242 g/mol. The highest BCUT2D eigenvalue weighted by Gasteiger charge is 1.99. The summed E-state index contributed by atoms with van der Waals surface area (Å²) in [4.78, 5) is 21.1. The van der Waals surface area contributed by atoms with E-state index < -0.39 is 5.12 Å². The van der Waals surface area contributed by atoms with Gasteiger partial charge in [-0.3, -0.25) is 9.59 Å². The van der Waals surface area contributed by atoms with Gasteiger partial charge in [0, 0.05) is 11.1 Å². The van der Waals surface area contributed by atoms with Crippen molar-refractivity contribution in [2.75, 3.05) is 0 Å². The third-order valence-corrected chi connectivity index (χ3v) is 1.52. The van der Waals surface area contributed by atoms with Crippen LogP contribution >= 0.6 is 12.6 Å². The average molecular weight is 242 g/mol. The van der Waals surface area contributed by atoms with Crippen LogP contribution in [0.5, 0.6) is 0 Å². The summed E-state index contributed by atoms with van der Waals surface area (Å²) in [6.45, 7) is 13.1. The zero-order valence-corrected chi connectivity index (χ0v) is 11.7. The van der Waals surface area contributed by atoms with Crippen LogP contribution in [0, 0.1) is 0 Å². The molecule has 2 nitrogen and oxygen atoms in total. The van der Waals surface area contributed by atoms with Gasteiger partial charge >= 0.3 is 0 Å². The largest absolute Gasteiger partial charge is 0.298 e. The number of carbonyl (C=O) groups is 2. The summed E-state index contributed by atoms with van der Waals surface area (Å²) in [5.41, 5.74) is 0.755. The summed E-state index contributed by atoms with van der Waals surface area (Å²) in [6.07, 6.45) is 5.07. The van der Waals surface area contributed by atoms with E-state index in [4.69, 9.17) is 0 Å². The predicted molar refractivity (Wildman–Crippen MR) is 74.8 cm³/mol. The number of carbonyl (C=O) groups excluding carboxylic acids is 2. The molecule has 0 aliphatic carbocycles. The van der Waals surface area contributed by atoms with Gasteiger partial charge in [-0.2, -0.15) is 0 Å². The second kappa shape index (κ2) is 16.3. The minimum Gasteiger partial charge on any atom is -0.298 e. The van der Waals surface area contributed by atoms with E-state index in [2.05, 4.69) is 19.2 Å². The van der Waals surface area contributed by atoms with Gasteiger partial charge in [-0.25, -0.2) is 0 Å². The van der Waals surface area contributed by atoms with E-state index in [9.17, 15) is 9.59 Å². The minimum atomic E-state index is -0.397. The quantitative estimate of drug-likeness (QED) is 0.352. The van der Waals surface area contributed by atoms with Gasteiger partial charge in [0.25, 0.3) is 0 Å². The van der Waals surface area contributed by atoms with Gasteiger partial charge in [0.2, 0.25) is 5.12 Å². The molecule has 0 aromatic heterocycles. The van der Waals surface area contributed by atoms with E-state index in [0.717, 1.165) is 0 Å². The second-order valence-electron chi connectivity index (χ2n) is 2.02. The van der Waals surface area contributed by atoms with E-state index in [0.29, 0.717) is 17.4 Å². The second-order valence-corrected chi connectivity index (χ2v) is 2.42. The Kier molecular flexibility index (Phi) is 20.8. The molecular formula is C13H22O2S. The maximum absolute atomic E-state index is 10.7. The number of hydrogen-bond acceptors (Lipinski definition) is 2. The molecule has 0 spiro atoms. The van der Waals surface area contributed by atoms with Crippen molar-refractivity contribution >= 4 is 24.0 Å². The third-order valence-electron chi connectivity index (χ3n) is 1.26. The fourth-order valence-corrected chi connectivity index (χ4v) is 0.729. The lowest BCUT2D eigenvalue weighted by atomic mass is 10.2. The Morgan fingerprint density at radius 3 is 1.81 bits per heavy atom. The number of hydrogen-bond donors (Lipinski definition) is 1. The lowest BCUT2D eigenvalue weighted by Crippen LogP contribution is -1.91. The first-order valence-corrected chi connectivity index (χ1v) is 5.79. The number of allylic oxidation sites excluding steroid dienone is 4. The Hall–Kier alpha value is -1.09. The Bertz CT molecular complexity index is 263. The fourth-order valence-electron chi connectivity index (χ4n) is 0.573. The summed E-state index contributed by atoms with van der Waals surface area (Å²) in [6, 6.07) is 0. The van der Waals surface area contributed by atoms with Crippen molar-refractivity contribution in [3.05, 3.63) is 36.0 Å². The maximum atomic E-state index is 10.7. The SMILES string of the molecule is C=C/C(=C\C(C=O)=C/C)C(=O)S.CC.CC. The van der Waals surface area contributed by atoms with Crippen LogP contribution in [0.3, 0.4) is 0 Å². The van der Waals surface area contributed by atoms with Crippen molar-refractivity contribution in [3.63, 3.8) is 0 Å². The molecular weight excluding hydrogens is 220 g/mol. The molecule has 0 rings (SSSR count). The summed E-state index contributed by atoms with van der Waals surface area (Å²) in [5.74, 6) is 0. The highest BCUT2D eigenvalue weighted by atomic mass is 32.1. The Balaban J connectivity index is -0.000000376. The maximum Gasteiger partial charge on any atom is 0.216 e. The Morgan fingerprint density at radius 2 is 1.62 bits per heavy atom. The number of rotatable bonds is 4. The van der Waals surface area contributed by atoms with Gasteiger partial charge in [0.1, 0.15) is 6.29 Å². The van der Waals surface area contributed by atoms with E-state index in [-0.39, 0.29) is 0 Å². The van der Waals surface area contributed by atoms with Crippen molar-refractivity contribution in [2.45, 2.75) is 34.6 Å². The standard InChI is InChI=1S/C9H10O2S.2C2H6/c1-3-7(6-10)5-8(4-2)9(11)12;2*1-2/h3-6H,2H2,1H3,(H,11,12);2*1-2H3/b7-3+,8-5+;;. The van der Waals surface area contributed by atoms with Crippen LogP contribution in [0.25, 0.3) is 0 Å². The van der Waals surface area contributed by atoms with E-state index in [1.54, 1.807) is 13.0 Å². The molecule has 0 saturated heterocycles. The van der Waals surface area contributed by atoms with Crippen molar-refractivity contribution in [1.82, 2.24) is 0 Å². The first-order chi connectivity index (χ1) is 7.65. The van der Waals surface area contributed by atoms with Crippen molar-refractivity contribution < 1.29 is 9.59 Å². The highest BCUT2D eigenvalue weighted by Crippen LogP contribution is 2.05. The summed E-state index contributed by atoms with van der Waals surface area (Å²) in [7, 11) is 0. The number of aldehydes is 1. The molecule has 0 aromatic rings. The van der Waals surface area contributed by atoms with E-state index in [1.807, 2.05) is 27.7 Å². The van der Waals surface area contributed by atoms with Crippen LogP contribution in [-0.2, 0) is 9.59 Å². The van der Waals surface area contributed by atoms with Gasteiger partial charge in [0.05, 0.1) is 0 Å². The predicted octanol–water partition coefficient (Wildman–Crippen LogP) is 3.75. The summed E-state index contributed by atoms with van der Waals surface area (Å²) in [5, 5.41) is -0.397. The topological polar surface area (TPSA) is 34.1 Å². The molecule has 0 bridgehead atoms. The molecule has 0 radical (unpaired) electrons. The molecule has 92 valence electrons. The molecule has 0 heterocycles. The lowest BCUT2D eigenvalue weighted by Gasteiger charge is -1.93. The van der Waals surface area contributed by atoms with E-state index >= 15 is 0 Å². The first-order valence-electron chi connectivity index (χ1n) is 5.34. The van der Waals surface area contributed by atoms with E-state index in [1.165, 1.54) is 12.2 Å². The molecule has 0 atom stereocenters. The van der Waals surface area contributed by atoms with Crippen LogP contribution in [0.15, 0.2) is 36.0 Å². The normalized spacial score (nSPS) is 10.1. The van der Waals surface area contributed by atoms with Gasteiger partial charge in [0.15, 0.2) is 0 Å². The smallest absolute Gasteiger partial charge is 0.216 e. The van der Waals surface area contributed by atoms with Crippen molar-refractivity contribution in [3.8, 4) is 0 Å². The van der Waals surface area contributed by atoms with Crippen LogP contribution in [0.4, 0.5) is 0 Å². The molecule has 0 aliphatic heterocycles. The molecule has 0 unspecified atom stereocenters. The van der Waals surface area contributed by atoms with Gasteiger partial charge in [-0.05, 0) is 13.0 Å². The average Bonchev–Trinajstić information content (AvgIpc) is 2.35. The zero-order valence-electron chi connectivity index (χ0n) is 10.8. The van der Waals surface area contributed by atoms with Crippen LogP contribution in [0.2, 0.25) is 0 Å². The molecule has 0 N–H and O–H groups in total. The molecule has 0 fully saturated rings.